The number of thioether (sulfide) groups is 1. The van der Waals surface area contributed by atoms with Crippen molar-refractivity contribution in [3.05, 3.63) is 40.6 Å². The predicted octanol–water partition coefficient (Wildman–Crippen LogP) is 3.86. The SMILES string of the molecule is CSCc1ccc2c(Br)cncc2c1. The van der Waals surface area contributed by atoms with E-state index in [4.69, 9.17) is 0 Å². The van der Waals surface area contributed by atoms with Crippen molar-refractivity contribution in [3.8, 4) is 0 Å². The summed E-state index contributed by atoms with van der Waals surface area (Å²) in [5, 5.41) is 2.43. The van der Waals surface area contributed by atoms with Gasteiger partial charge in [-0.05, 0) is 39.2 Å². The zero-order valence-corrected chi connectivity index (χ0v) is 10.2. The second-order valence-electron chi connectivity index (χ2n) is 3.11. The summed E-state index contributed by atoms with van der Waals surface area (Å²) in [6.45, 7) is 0. The average Bonchev–Trinajstić information content (AvgIpc) is 2.18. The molecule has 0 atom stereocenters. The van der Waals surface area contributed by atoms with E-state index in [2.05, 4.69) is 45.4 Å². The third-order valence-electron chi connectivity index (χ3n) is 2.09. The standard InChI is InChI=1S/C11H10BrNS/c1-14-7-8-2-3-10-9(4-8)5-13-6-11(10)12/h2-6H,7H2,1H3. The first-order valence-electron chi connectivity index (χ1n) is 4.32. The van der Waals surface area contributed by atoms with Crippen molar-refractivity contribution in [2.24, 2.45) is 0 Å². The third kappa shape index (κ3) is 1.93. The van der Waals surface area contributed by atoms with Gasteiger partial charge < -0.3 is 0 Å². The molecule has 0 unspecified atom stereocenters. The summed E-state index contributed by atoms with van der Waals surface area (Å²) in [5.41, 5.74) is 1.35. The van der Waals surface area contributed by atoms with Crippen molar-refractivity contribution < 1.29 is 0 Å². The van der Waals surface area contributed by atoms with Crippen LogP contribution in [0, 0.1) is 0 Å². The summed E-state index contributed by atoms with van der Waals surface area (Å²) in [6, 6.07) is 6.51. The van der Waals surface area contributed by atoms with Gasteiger partial charge in [0.2, 0.25) is 0 Å². The molecule has 0 saturated heterocycles. The second-order valence-corrected chi connectivity index (χ2v) is 4.83. The number of benzene rings is 1. The van der Waals surface area contributed by atoms with Gasteiger partial charge in [0, 0.05) is 28.0 Å². The van der Waals surface area contributed by atoms with Crippen LogP contribution in [0.15, 0.2) is 35.1 Å². The molecule has 0 radical (unpaired) electrons. The quantitative estimate of drug-likeness (QED) is 0.820. The van der Waals surface area contributed by atoms with Crippen LogP contribution in [0.3, 0.4) is 0 Å². The lowest BCUT2D eigenvalue weighted by molar-refractivity contribution is 1.34. The van der Waals surface area contributed by atoms with Gasteiger partial charge in [0.25, 0.3) is 0 Å². The number of halogens is 1. The lowest BCUT2D eigenvalue weighted by Crippen LogP contribution is -1.82. The minimum atomic E-state index is 1.06. The summed E-state index contributed by atoms with van der Waals surface area (Å²) in [7, 11) is 0. The third-order valence-corrected chi connectivity index (χ3v) is 3.34. The molecule has 0 bridgehead atoms. The number of rotatable bonds is 2. The Hall–Kier alpha value is -0.540. The fourth-order valence-electron chi connectivity index (χ4n) is 1.45. The van der Waals surface area contributed by atoms with Gasteiger partial charge in [0.15, 0.2) is 0 Å². The van der Waals surface area contributed by atoms with E-state index < -0.39 is 0 Å². The highest BCUT2D eigenvalue weighted by molar-refractivity contribution is 9.10. The fourth-order valence-corrected chi connectivity index (χ4v) is 2.44. The molecule has 0 aliphatic heterocycles. The number of aromatic nitrogens is 1. The molecule has 0 amide bonds. The maximum atomic E-state index is 4.16. The maximum Gasteiger partial charge on any atom is 0.0437 e. The molecule has 0 spiro atoms. The molecule has 72 valence electrons. The first kappa shape index (κ1) is 9.99. The average molecular weight is 268 g/mol. The fraction of sp³-hybridized carbons (Fsp3) is 0.182. The summed E-state index contributed by atoms with van der Waals surface area (Å²) in [5.74, 6) is 1.06. The topological polar surface area (TPSA) is 12.9 Å². The molecule has 0 saturated carbocycles. The molecular formula is C11H10BrNS. The molecule has 2 rings (SSSR count). The van der Waals surface area contributed by atoms with Crippen molar-refractivity contribution in [1.82, 2.24) is 4.98 Å². The highest BCUT2D eigenvalue weighted by atomic mass is 79.9. The van der Waals surface area contributed by atoms with Crippen LogP contribution in [0.5, 0.6) is 0 Å². The van der Waals surface area contributed by atoms with E-state index in [1.54, 1.807) is 0 Å². The van der Waals surface area contributed by atoms with Crippen molar-refractivity contribution in [2.75, 3.05) is 6.26 Å². The monoisotopic (exact) mass is 267 g/mol. The van der Waals surface area contributed by atoms with Crippen molar-refractivity contribution in [3.63, 3.8) is 0 Å². The van der Waals surface area contributed by atoms with Crippen LogP contribution in [0.1, 0.15) is 5.56 Å². The highest BCUT2D eigenvalue weighted by Gasteiger charge is 1.99. The zero-order chi connectivity index (χ0) is 9.97. The Bertz CT molecular complexity index is 456. The smallest absolute Gasteiger partial charge is 0.0437 e. The van der Waals surface area contributed by atoms with Crippen LogP contribution < -0.4 is 0 Å². The van der Waals surface area contributed by atoms with Gasteiger partial charge in [0.05, 0.1) is 0 Å². The van der Waals surface area contributed by atoms with E-state index in [1.165, 1.54) is 16.3 Å². The Balaban J connectivity index is 2.56. The second kappa shape index (κ2) is 4.32. The molecule has 3 heteroatoms. The van der Waals surface area contributed by atoms with Crippen LogP contribution in [0.25, 0.3) is 10.8 Å². The molecule has 1 aromatic carbocycles. The zero-order valence-electron chi connectivity index (χ0n) is 7.83. The summed E-state index contributed by atoms with van der Waals surface area (Å²) in [6.07, 6.45) is 5.85. The Morgan fingerprint density at radius 1 is 1.36 bits per heavy atom. The van der Waals surface area contributed by atoms with Gasteiger partial charge in [-0.15, -0.1) is 0 Å². The van der Waals surface area contributed by atoms with E-state index in [0.29, 0.717) is 0 Å². The molecule has 1 heterocycles. The van der Waals surface area contributed by atoms with Crippen LogP contribution in [0.4, 0.5) is 0 Å². The Morgan fingerprint density at radius 2 is 2.21 bits per heavy atom. The van der Waals surface area contributed by atoms with Crippen LogP contribution in [0.2, 0.25) is 0 Å². The largest absolute Gasteiger partial charge is 0.263 e. The number of nitrogens with zero attached hydrogens (tertiary/aromatic N) is 1. The Labute approximate surface area is 96.1 Å². The lowest BCUT2D eigenvalue weighted by atomic mass is 10.1. The molecule has 14 heavy (non-hydrogen) atoms. The minimum absolute atomic E-state index is 1.06. The van der Waals surface area contributed by atoms with E-state index in [9.17, 15) is 0 Å². The van der Waals surface area contributed by atoms with E-state index in [0.717, 1.165) is 10.2 Å². The Kier molecular flexibility index (Phi) is 3.08. The molecule has 0 fully saturated rings. The van der Waals surface area contributed by atoms with Gasteiger partial charge in [-0.1, -0.05) is 12.1 Å². The van der Waals surface area contributed by atoms with E-state index >= 15 is 0 Å². The Morgan fingerprint density at radius 3 is 3.00 bits per heavy atom. The van der Waals surface area contributed by atoms with Crippen molar-refractivity contribution >= 4 is 38.5 Å². The molecule has 2 aromatic rings. The van der Waals surface area contributed by atoms with Gasteiger partial charge in [-0.3, -0.25) is 4.98 Å². The summed E-state index contributed by atoms with van der Waals surface area (Å²) in [4.78, 5) is 4.16. The van der Waals surface area contributed by atoms with Crippen LogP contribution in [-0.4, -0.2) is 11.2 Å². The van der Waals surface area contributed by atoms with Gasteiger partial charge in [0.1, 0.15) is 0 Å². The van der Waals surface area contributed by atoms with E-state index in [1.807, 2.05) is 24.2 Å². The molecular weight excluding hydrogens is 258 g/mol. The van der Waals surface area contributed by atoms with Crippen LogP contribution >= 0.6 is 27.7 Å². The first-order chi connectivity index (χ1) is 6.81. The molecule has 0 N–H and O–H groups in total. The number of fused-ring (bicyclic) bond motifs is 1. The number of pyridine rings is 1. The minimum Gasteiger partial charge on any atom is -0.263 e. The molecule has 1 nitrogen and oxygen atoms in total. The van der Waals surface area contributed by atoms with Crippen molar-refractivity contribution in [1.29, 1.82) is 0 Å². The maximum absolute atomic E-state index is 4.16. The highest BCUT2D eigenvalue weighted by Crippen LogP contribution is 2.24. The lowest BCUT2D eigenvalue weighted by Gasteiger charge is -2.02. The van der Waals surface area contributed by atoms with E-state index in [-0.39, 0.29) is 0 Å². The first-order valence-corrected chi connectivity index (χ1v) is 6.51. The molecule has 0 aliphatic rings. The van der Waals surface area contributed by atoms with Crippen molar-refractivity contribution in [2.45, 2.75) is 5.75 Å². The van der Waals surface area contributed by atoms with Gasteiger partial charge in [-0.25, -0.2) is 0 Å². The summed E-state index contributed by atoms with van der Waals surface area (Å²) >= 11 is 5.33. The van der Waals surface area contributed by atoms with Gasteiger partial charge >= 0.3 is 0 Å². The number of hydrogen-bond acceptors (Lipinski definition) is 2. The normalized spacial score (nSPS) is 10.7. The molecule has 1 aromatic heterocycles. The number of hydrogen-bond donors (Lipinski definition) is 0. The van der Waals surface area contributed by atoms with Crippen LogP contribution in [-0.2, 0) is 5.75 Å². The predicted molar refractivity (Wildman–Crippen MR) is 66.7 cm³/mol. The molecule has 0 aliphatic carbocycles. The van der Waals surface area contributed by atoms with Gasteiger partial charge in [-0.2, -0.15) is 11.8 Å². The summed E-state index contributed by atoms with van der Waals surface area (Å²) < 4.78 is 1.06.